The summed E-state index contributed by atoms with van der Waals surface area (Å²) in [5.74, 6) is 0.372. The average Bonchev–Trinajstić information content (AvgIpc) is 3.18. The normalized spacial score (nSPS) is 18.3. The number of nitrogens with zero attached hydrogens (tertiary/aromatic N) is 4. The minimum absolute atomic E-state index is 0.0154. The van der Waals surface area contributed by atoms with E-state index in [2.05, 4.69) is 10.0 Å². The zero-order valence-electron chi connectivity index (χ0n) is 19.9. The number of ether oxygens (including phenoxy) is 1. The fourth-order valence-electron chi connectivity index (χ4n) is 4.83. The van der Waals surface area contributed by atoms with Gasteiger partial charge in [0.2, 0.25) is 0 Å². The van der Waals surface area contributed by atoms with Crippen molar-refractivity contribution in [2.24, 2.45) is 5.11 Å². The average molecular weight is 567 g/mol. The Labute approximate surface area is 224 Å². The number of azide groups is 1. The molecular formula is C24H24Cl2N4O6S. The zero-order valence-corrected chi connectivity index (χ0v) is 22.2. The summed E-state index contributed by atoms with van der Waals surface area (Å²) < 4.78 is 34.8. The van der Waals surface area contributed by atoms with Crippen LogP contribution in [-0.2, 0) is 20.7 Å². The fraction of sp³-hybridized carbons (Fsp3) is 0.417. The molecule has 0 bridgehead atoms. The quantitative estimate of drug-likeness (QED) is 0.113. The van der Waals surface area contributed by atoms with Crippen LogP contribution in [0, 0.1) is 0 Å². The summed E-state index contributed by atoms with van der Waals surface area (Å²) in [5.41, 5.74) is 10.6. The summed E-state index contributed by atoms with van der Waals surface area (Å²) in [6, 6.07) is 6.97. The van der Waals surface area contributed by atoms with Crippen LogP contribution in [0.15, 0.2) is 35.4 Å². The number of hydrogen-bond acceptors (Lipinski definition) is 8. The van der Waals surface area contributed by atoms with Gasteiger partial charge in [0.25, 0.3) is 10.1 Å². The first kappa shape index (κ1) is 27.4. The van der Waals surface area contributed by atoms with Crippen molar-refractivity contribution in [2.75, 3.05) is 44.3 Å². The number of benzene rings is 2. The Hall–Kier alpha value is -2.66. The molecule has 0 saturated heterocycles. The standard InChI is InChI=1S/C24H24Cl2N4O6S/c1-37(33,34)36-19-13-17-14(22(19)28-29-27)5-6-16-20(17)24(32)21-15(23(16)31)3-2-4-18(21)35-12-11-30(9-7-25)10-8-26/h2-6,19,22H,7-13H2,1H3. The van der Waals surface area contributed by atoms with Crippen molar-refractivity contribution >= 4 is 44.9 Å². The molecule has 0 aromatic heterocycles. The fourth-order valence-corrected chi connectivity index (χ4v) is 5.93. The van der Waals surface area contributed by atoms with Crippen molar-refractivity contribution in [3.05, 3.63) is 74.2 Å². The zero-order chi connectivity index (χ0) is 26.7. The van der Waals surface area contributed by atoms with Gasteiger partial charge in [0.05, 0.1) is 24.0 Å². The van der Waals surface area contributed by atoms with E-state index in [0.29, 0.717) is 42.5 Å². The van der Waals surface area contributed by atoms with E-state index in [1.807, 2.05) is 4.90 Å². The Morgan fingerprint density at radius 1 is 1.05 bits per heavy atom. The highest BCUT2D eigenvalue weighted by Crippen LogP contribution is 2.43. The molecule has 0 N–H and O–H groups in total. The number of halogens is 2. The molecule has 10 nitrogen and oxygen atoms in total. The molecular weight excluding hydrogens is 543 g/mol. The van der Waals surface area contributed by atoms with Gasteiger partial charge in [-0.15, -0.1) is 23.2 Å². The largest absolute Gasteiger partial charge is 0.491 e. The van der Waals surface area contributed by atoms with Gasteiger partial charge < -0.3 is 4.74 Å². The highest BCUT2D eigenvalue weighted by Gasteiger charge is 2.42. The number of alkyl halides is 2. The van der Waals surface area contributed by atoms with Crippen molar-refractivity contribution in [1.82, 2.24) is 4.90 Å². The van der Waals surface area contributed by atoms with E-state index in [4.69, 9.17) is 37.7 Å². The molecule has 0 fully saturated rings. The minimum atomic E-state index is -3.88. The number of fused-ring (bicyclic) bond motifs is 4. The van der Waals surface area contributed by atoms with E-state index in [1.54, 1.807) is 24.3 Å². The molecule has 4 rings (SSSR count). The molecule has 196 valence electrons. The number of ketones is 2. The molecule has 13 heteroatoms. The monoisotopic (exact) mass is 566 g/mol. The first-order chi connectivity index (χ1) is 17.7. The lowest BCUT2D eigenvalue weighted by molar-refractivity contribution is 0.0974. The maximum absolute atomic E-state index is 13.9. The first-order valence-corrected chi connectivity index (χ1v) is 14.4. The minimum Gasteiger partial charge on any atom is -0.491 e. The van der Waals surface area contributed by atoms with Crippen LogP contribution in [0.1, 0.15) is 49.0 Å². The number of carbonyl (C=O) groups is 2. The molecule has 2 aliphatic carbocycles. The Morgan fingerprint density at radius 2 is 1.76 bits per heavy atom. The van der Waals surface area contributed by atoms with Crippen LogP contribution >= 0.6 is 23.2 Å². The van der Waals surface area contributed by atoms with E-state index < -0.39 is 28.0 Å². The second-order valence-electron chi connectivity index (χ2n) is 8.65. The van der Waals surface area contributed by atoms with E-state index in [-0.39, 0.29) is 46.8 Å². The van der Waals surface area contributed by atoms with E-state index in [0.717, 1.165) is 6.26 Å². The Bertz CT molecular complexity index is 1390. The summed E-state index contributed by atoms with van der Waals surface area (Å²) >= 11 is 11.7. The van der Waals surface area contributed by atoms with Crippen LogP contribution in [0.3, 0.4) is 0 Å². The second-order valence-corrected chi connectivity index (χ2v) is 11.0. The highest BCUT2D eigenvalue weighted by molar-refractivity contribution is 7.86. The lowest BCUT2D eigenvalue weighted by Crippen LogP contribution is -2.32. The van der Waals surface area contributed by atoms with Gasteiger partial charge in [-0.25, -0.2) is 0 Å². The molecule has 2 aliphatic rings. The third-order valence-electron chi connectivity index (χ3n) is 6.34. The van der Waals surface area contributed by atoms with Gasteiger partial charge in [0.1, 0.15) is 12.4 Å². The summed E-state index contributed by atoms with van der Waals surface area (Å²) in [6.45, 7) is 2.03. The topological polar surface area (TPSA) is 139 Å². The van der Waals surface area contributed by atoms with E-state index in [1.165, 1.54) is 6.07 Å². The molecule has 2 atom stereocenters. The van der Waals surface area contributed by atoms with Gasteiger partial charge in [0.15, 0.2) is 11.6 Å². The predicted molar refractivity (Wildman–Crippen MR) is 138 cm³/mol. The molecule has 2 aromatic carbocycles. The van der Waals surface area contributed by atoms with Crippen molar-refractivity contribution in [3.8, 4) is 5.75 Å². The van der Waals surface area contributed by atoms with Crippen molar-refractivity contribution < 1.29 is 26.9 Å². The van der Waals surface area contributed by atoms with Crippen LogP contribution < -0.4 is 4.74 Å². The SMILES string of the molecule is CS(=O)(=O)OC1Cc2c(ccc3c2C(=O)c2c(OCCN(CCCl)CCCl)cccc2C3=O)C1N=[N+]=[N-]. The summed E-state index contributed by atoms with van der Waals surface area (Å²) in [7, 11) is -3.88. The molecule has 2 unspecified atom stereocenters. The van der Waals surface area contributed by atoms with E-state index in [9.17, 15) is 18.0 Å². The van der Waals surface area contributed by atoms with Gasteiger partial charge in [-0.2, -0.15) is 8.42 Å². The van der Waals surface area contributed by atoms with Crippen LogP contribution in [0.2, 0.25) is 0 Å². The second kappa shape index (κ2) is 11.4. The van der Waals surface area contributed by atoms with Crippen molar-refractivity contribution in [1.29, 1.82) is 0 Å². The van der Waals surface area contributed by atoms with Crippen LogP contribution in [0.4, 0.5) is 0 Å². The third kappa shape index (κ3) is 5.62. The number of rotatable bonds is 11. The molecule has 0 spiro atoms. The van der Waals surface area contributed by atoms with Crippen LogP contribution in [0.25, 0.3) is 10.4 Å². The van der Waals surface area contributed by atoms with Crippen molar-refractivity contribution in [3.63, 3.8) is 0 Å². The van der Waals surface area contributed by atoms with Crippen LogP contribution in [-0.4, -0.2) is 75.2 Å². The maximum Gasteiger partial charge on any atom is 0.264 e. The Morgan fingerprint density at radius 3 is 2.41 bits per heavy atom. The van der Waals surface area contributed by atoms with Crippen LogP contribution in [0.5, 0.6) is 5.75 Å². The molecule has 0 amide bonds. The smallest absolute Gasteiger partial charge is 0.264 e. The Balaban J connectivity index is 1.70. The molecule has 37 heavy (non-hydrogen) atoms. The highest BCUT2D eigenvalue weighted by atomic mass is 35.5. The van der Waals surface area contributed by atoms with Gasteiger partial charge in [0, 0.05) is 59.4 Å². The molecule has 0 saturated carbocycles. The van der Waals surface area contributed by atoms with Gasteiger partial charge in [-0.05, 0) is 28.8 Å². The molecule has 0 heterocycles. The van der Waals surface area contributed by atoms with Gasteiger partial charge in [-0.1, -0.05) is 23.3 Å². The summed E-state index contributed by atoms with van der Waals surface area (Å²) in [4.78, 5) is 32.1. The predicted octanol–water partition coefficient (Wildman–Crippen LogP) is 3.87. The Kier molecular flexibility index (Phi) is 8.42. The van der Waals surface area contributed by atoms with Gasteiger partial charge in [-0.3, -0.25) is 18.7 Å². The van der Waals surface area contributed by atoms with Crippen molar-refractivity contribution in [2.45, 2.75) is 18.6 Å². The van der Waals surface area contributed by atoms with E-state index >= 15 is 0 Å². The molecule has 0 radical (unpaired) electrons. The number of hydrogen-bond donors (Lipinski definition) is 0. The summed E-state index contributed by atoms with van der Waals surface area (Å²) in [6.07, 6.45) is -0.148. The molecule has 2 aromatic rings. The third-order valence-corrected chi connectivity index (χ3v) is 7.27. The molecule has 0 aliphatic heterocycles. The first-order valence-electron chi connectivity index (χ1n) is 11.5. The van der Waals surface area contributed by atoms with Gasteiger partial charge >= 0.3 is 0 Å². The lowest BCUT2D eigenvalue weighted by Gasteiger charge is -2.24. The maximum atomic E-state index is 13.9. The lowest BCUT2D eigenvalue weighted by atomic mass is 9.80. The summed E-state index contributed by atoms with van der Waals surface area (Å²) in [5, 5.41) is 3.72. The number of carbonyl (C=O) groups excluding carboxylic acids is 2.